The maximum absolute atomic E-state index is 13.0. The highest BCUT2D eigenvalue weighted by Crippen LogP contribution is 2.26. The lowest BCUT2D eigenvalue weighted by Crippen LogP contribution is -2.33. The summed E-state index contributed by atoms with van der Waals surface area (Å²) in [5, 5.41) is 14.5. The van der Waals surface area contributed by atoms with E-state index in [1.165, 1.54) is 18.2 Å². The number of hydrazone groups is 1. The zero-order valence-corrected chi connectivity index (χ0v) is 16.6. The van der Waals surface area contributed by atoms with Gasteiger partial charge < -0.3 is 5.11 Å². The summed E-state index contributed by atoms with van der Waals surface area (Å²) < 4.78 is 0. The Labute approximate surface area is 177 Å². The van der Waals surface area contributed by atoms with Crippen LogP contribution in [0.25, 0.3) is 11.3 Å². The van der Waals surface area contributed by atoms with Crippen molar-refractivity contribution in [3.05, 3.63) is 78.2 Å². The predicted octanol–water partition coefficient (Wildman–Crippen LogP) is 2.99. The predicted molar refractivity (Wildman–Crippen MR) is 114 cm³/mol. The highest BCUT2D eigenvalue weighted by Gasteiger charge is 2.39. The average Bonchev–Trinajstić information content (AvgIpc) is 3.08. The molecule has 4 rings (SSSR count). The van der Waals surface area contributed by atoms with Gasteiger partial charge in [-0.1, -0.05) is 24.3 Å². The quantitative estimate of drug-likeness (QED) is 0.621. The van der Waals surface area contributed by atoms with Crippen molar-refractivity contribution in [3.63, 3.8) is 0 Å². The molecule has 31 heavy (non-hydrogen) atoms. The Morgan fingerprint density at radius 3 is 2.65 bits per heavy atom. The number of ketones is 1. The summed E-state index contributed by atoms with van der Waals surface area (Å²) in [5.74, 6) is -2.88. The van der Waals surface area contributed by atoms with Crippen molar-refractivity contribution in [2.24, 2.45) is 11.0 Å². The van der Waals surface area contributed by atoms with Crippen LogP contribution in [0.15, 0.2) is 72.2 Å². The summed E-state index contributed by atoms with van der Waals surface area (Å²) in [4.78, 5) is 45.5. The Balaban J connectivity index is 1.54. The molecule has 1 N–H and O–H groups in total. The van der Waals surface area contributed by atoms with Gasteiger partial charge in [-0.15, -0.1) is 0 Å². The molecule has 1 unspecified atom stereocenters. The number of carboxylic acid groups (broad SMARTS) is 1. The monoisotopic (exact) mass is 414 g/mol. The Morgan fingerprint density at radius 2 is 1.90 bits per heavy atom. The van der Waals surface area contributed by atoms with E-state index in [1.54, 1.807) is 31.6 Å². The topological polar surface area (TPSA) is 113 Å². The second-order valence-electron chi connectivity index (χ2n) is 7.11. The summed E-state index contributed by atoms with van der Waals surface area (Å²) in [5.41, 5.74) is 2.99. The first-order chi connectivity index (χ1) is 14.9. The molecule has 1 amide bonds. The van der Waals surface area contributed by atoms with Crippen LogP contribution in [0, 0.1) is 5.92 Å². The van der Waals surface area contributed by atoms with E-state index in [4.69, 9.17) is 0 Å². The number of aromatic carboxylic acids is 1. The summed E-state index contributed by atoms with van der Waals surface area (Å²) in [6, 6.07) is 13.3. The molecule has 2 heterocycles. The van der Waals surface area contributed by atoms with Gasteiger partial charge in [-0.25, -0.2) is 4.79 Å². The standard InChI is InChI=1S/C23H18N4O4/c1-14-21(22(29)27(26-14)18-7-3-6-17(12-18)23(30)31)20(28)11-15-4-2-5-16(10-15)19-13-24-8-9-25-19/h2-10,12-13,21H,11H2,1H3,(H,30,31). The second kappa shape index (κ2) is 8.27. The second-order valence-corrected chi connectivity index (χ2v) is 7.11. The molecule has 1 aliphatic heterocycles. The van der Waals surface area contributed by atoms with E-state index in [0.29, 0.717) is 17.1 Å². The minimum atomic E-state index is -1.11. The van der Waals surface area contributed by atoms with Crippen LogP contribution in [0.5, 0.6) is 0 Å². The summed E-state index contributed by atoms with van der Waals surface area (Å²) in [6.07, 6.45) is 4.88. The van der Waals surface area contributed by atoms with Gasteiger partial charge in [0.2, 0.25) is 0 Å². The van der Waals surface area contributed by atoms with Gasteiger partial charge in [0.1, 0.15) is 5.92 Å². The molecule has 0 bridgehead atoms. The third-order valence-corrected chi connectivity index (χ3v) is 4.96. The highest BCUT2D eigenvalue weighted by molar-refractivity contribution is 6.27. The summed E-state index contributed by atoms with van der Waals surface area (Å²) in [7, 11) is 0. The molecule has 0 fully saturated rings. The van der Waals surface area contributed by atoms with E-state index in [1.807, 2.05) is 24.3 Å². The minimum absolute atomic E-state index is 0.0359. The van der Waals surface area contributed by atoms with Gasteiger partial charge in [0.15, 0.2) is 5.78 Å². The van der Waals surface area contributed by atoms with Crippen LogP contribution in [0.4, 0.5) is 5.69 Å². The number of carbonyl (C=O) groups is 3. The van der Waals surface area contributed by atoms with Crippen LogP contribution in [-0.2, 0) is 16.0 Å². The number of rotatable bonds is 6. The van der Waals surface area contributed by atoms with E-state index in [-0.39, 0.29) is 17.8 Å². The molecule has 8 nitrogen and oxygen atoms in total. The van der Waals surface area contributed by atoms with Gasteiger partial charge >= 0.3 is 5.97 Å². The van der Waals surface area contributed by atoms with Crippen molar-refractivity contribution in [2.75, 3.05) is 5.01 Å². The molecular weight excluding hydrogens is 396 g/mol. The van der Waals surface area contributed by atoms with Crippen LogP contribution < -0.4 is 5.01 Å². The average molecular weight is 414 g/mol. The van der Waals surface area contributed by atoms with Crippen LogP contribution in [0.2, 0.25) is 0 Å². The van der Waals surface area contributed by atoms with E-state index < -0.39 is 17.8 Å². The molecule has 3 aromatic rings. The number of hydrogen-bond donors (Lipinski definition) is 1. The molecule has 0 saturated heterocycles. The van der Waals surface area contributed by atoms with Crippen molar-refractivity contribution in [3.8, 4) is 11.3 Å². The number of aromatic nitrogens is 2. The molecule has 1 atom stereocenters. The Hall–Kier alpha value is -4.20. The van der Waals surface area contributed by atoms with Crippen LogP contribution in [0.1, 0.15) is 22.8 Å². The van der Waals surface area contributed by atoms with Gasteiger partial charge in [-0.3, -0.25) is 19.6 Å². The van der Waals surface area contributed by atoms with E-state index in [0.717, 1.165) is 16.1 Å². The zero-order chi connectivity index (χ0) is 22.0. The number of carboxylic acids is 1. The molecule has 0 radical (unpaired) electrons. The molecule has 1 aliphatic rings. The van der Waals surface area contributed by atoms with Crippen molar-refractivity contribution in [1.29, 1.82) is 0 Å². The third kappa shape index (κ3) is 4.09. The van der Waals surface area contributed by atoms with Crippen molar-refractivity contribution in [1.82, 2.24) is 9.97 Å². The molecule has 0 saturated carbocycles. The first-order valence-corrected chi connectivity index (χ1v) is 9.54. The fourth-order valence-electron chi connectivity index (χ4n) is 3.48. The number of Topliss-reactive ketones (excluding diaryl/α,β-unsaturated/α-hetero) is 1. The van der Waals surface area contributed by atoms with Gasteiger partial charge in [0.25, 0.3) is 5.91 Å². The minimum Gasteiger partial charge on any atom is -0.478 e. The SMILES string of the molecule is CC1=NN(c2cccc(C(=O)O)c2)C(=O)C1C(=O)Cc1cccc(-c2cnccn2)c1. The molecule has 2 aromatic carbocycles. The lowest BCUT2D eigenvalue weighted by molar-refractivity contribution is -0.128. The van der Waals surface area contributed by atoms with Crippen LogP contribution in [0.3, 0.4) is 0 Å². The van der Waals surface area contributed by atoms with Crippen LogP contribution >= 0.6 is 0 Å². The van der Waals surface area contributed by atoms with Gasteiger partial charge in [-0.05, 0) is 36.8 Å². The Kier molecular flexibility index (Phi) is 5.36. The van der Waals surface area contributed by atoms with E-state index in [2.05, 4.69) is 15.1 Å². The highest BCUT2D eigenvalue weighted by atomic mass is 16.4. The van der Waals surface area contributed by atoms with Crippen molar-refractivity contribution < 1.29 is 19.5 Å². The van der Waals surface area contributed by atoms with E-state index in [9.17, 15) is 19.5 Å². The summed E-state index contributed by atoms with van der Waals surface area (Å²) >= 11 is 0. The number of nitrogens with zero attached hydrogens (tertiary/aromatic N) is 4. The number of amides is 1. The van der Waals surface area contributed by atoms with E-state index >= 15 is 0 Å². The molecule has 8 heteroatoms. The molecule has 0 spiro atoms. The number of benzene rings is 2. The maximum atomic E-state index is 13.0. The fraction of sp³-hybridized carbons (Fsp3) is 0.130. The first-order valence-electron chi connectivity index (χ1n) is 9.54. The van der Waals surface area contributed by atoms with Gasteiger partial charge in [0.05, 0.1) is 28.9 Å². The molecule has 1 aromatic heterocycles. The van der Waals surface area contributed by atoms with Crippen molar-refractivity contribution >= 4 is 29.1 Å². The lowest BCUT2D eigenvalue weighted by Gasteiger charge is -2.14. The first kappa shape index (κ1) is 20.1. The normalized spacial score (nSPS) is 15.6. The van der Waals surface area contributed by atoms with Crippen LogP contribution in [-0.4, -0.2) is 38.4 Å². The molecular formula is C23H18N4O4. The van der Waals surface area contributed by atoms with Gasteiger partial charge in [0, 0.05) is 24.4 Å². The molecule has 0 aliphatic carbocycles. The largest absolute Gasteiger partial charge is 0.478 e. The molecule has 154 valence electrons. The summed E-state index contributed by atoms with van der Waals surface area (Å²) in [6.45, 7) is 1.62. The third-order valence-electron chi connectivity index (χ3n) is 4.96. The Bertz CT molecular complexity index is 1210. The van der Waals surface area contributed by atoms with Gasteiger partial charge in [-0.2, -0.15) is 10.1 Å². The number of anilines is 1. The number of hydrogen-bond acceptors (Lipinski definition) is 6. The lowest BCUT2D eigenvalue weighted by atomic mass is 9.93. The fourth-order valence-corrected chi connectivity index (χ4v) is 3.48. The number of carbonyl (C=O) groups excluding carboxylic acids is 2. The maximum Gasteiger partial charge on any atom is 0.335 e. The zero-order valence-electron chi connectivity index (χ0n) is 16.6. The Morgan fingerprint density at radius 1 is 1.10 bits per heavy atom. The van der Waals surface area contributed by atoms with Crippen molar-refractivity contribution in [2.45, 2.75) is 13.3 Å². The smallest absolute Gasteiger partial charge is 0.335 e.